The van der Waals surface area contributed by atoms with Crippen molar-refractivity contribution >= 4 is 11.7 Å². The van der Waals surface area contributed by atoms with Gasteiger partial charge in [0.25, 0.3) is 0 Å². The highest BCUT2D eigenvalue weighted by Gasteiger charge is 2.13. The Morgan fingerprint density at radius 3 is 1.54 bits per heavy atom. The zero-order valence-electron chi connectivity index (χ0n) is 26.7. The molecular weight excluding hydrogens is 512 g/mol. The molecule has 1 aromatic carbocycles. The zero-order valence-corrected chi connectivity index (χ0v) is 26.7. The Balaban J connectivity index is 2.16. The van der Waals surface area contributed by atoms with Gasteiger partial charge in [0, 0.05) is 18.4 Å². The second kappa shape index (κ2) is 26.9. The first-order chi connectivity index (χ1) is 20.1. The number of urea groups is 1. The molecular formula is C35H64N2O4. The predicted octanol–water partition coefficient (Wildman–Crippen LogP) is 11.0. The minimum Gasteiger partial charge on any atom is -0.504 e. The van der Waals surface area contributed by atoms with Gasteiger partial charge < -0.3 is 25.6 Å². The summed E-state index contributed by atoms with van der Waals surface area (Å²) in [4.78, 5) is 12.6. The SMILES string of the molecule is CCCCCCCCCCCCCCCCCCOC(CCCCCCCCC)NC(=O)Nc1ccc(O)c(O)c1. The number of aromatic hydroxyl groups is 2. The normalized spacial score (nSPS) is 12.0. The molecule has 1 rings (SSSR count). The van der Waals surface area contributed by atoms with Crippen LogP contribution in [0, 0.1) is 0 Å². The van der Waals surface area contributed by atoms with E-state index >= 15 is 0 Å². The van der Waals surface area contributed by atoms with Crippen LogP contribution in [0.25, 0.3) is 0 Å². The number of benzene rings is 1. The van der Waals surface area contributed by atoms with Gasteiger partial charge in [-0.2, -0.15) is 0 Å². The number of carbonyl (C=O) groups is 1. The number of anilines is 1. The molecule has 0 aliphatic carbocycles. The van der Waals surface area contributed by atoms with Crippen molar-refractivity contribution in [3.63, 3.8) is 0 Å². The number of amides is 2. The van der Waals surface area contributed by atoms with E-state index in [0.717, 1.165) is 25.7 Å². The van der Waals surface area contributed by atoms with E-state index in [4.69, 9.17) is 4.74 Å². The van der Waals surface area contributed by atoms with Crippen LogP contribution >= 0.6 is 0 Å². The van der Waals surface area contributed by atoms with Gasteiger partial charge in [-0.3, -0.25) is 0 Å². The summed E-state index contributed by atoms with van der Waals surface area (Å²) in [6, 6.07) is 3.87. The van der Waals surface area contributed by atoms with Crippen LogP contribution in [0.5, 0.6) is 11.5 Å². The maximum Gasteiger partial charge on any atom is 0.321 e. The fourth-order valence-corrected chi connectivity index (χ4v) is 5.27. The highest BCUT2D eigenvalue weighted by Crippen LogP contribution is 2.27. The van der Waals surface area contributed by atoms with Crippen LogP contribution in [0.2, 0.25) is 0 Å². The quantitative estimate of drug-likeness (QED) is 0.0345. The zero-order chi connectivity index (χ0) is 29.8. The predicted molar refractivity (Wildman–Crippen MR) is 174 cm³/mol. The lowest BCUT2D eigenvalue weighted by Gasteiger charge is -2.20. The first-order valence-electron chi connectivity index (χ1n) is 17.3. The van der Waals surface area contributed by atoms with E-state index in [1.54, 1.807) is 6.07 Å². The average Bonchev–Trinajstić information content (AvgIpc) is 2.96. The molecule has 6 heteroatoms. The molecule has 0 heterocycles. The number of rotatable bonds is 28. The fourth-order valence-electron chi connectivity index (χ4n) is 5.27. The van der Waals surface area contributed by atoms with E-state index in [-0.39, 0.29) is 23.8 Å². The van der Waals surface area contributed by atoms with Gasteiger partial charge in [-0.1, -0.05) is 149 Å². The van der Waals surface area contributed by atoms with Crippen LogP contribution in [-0.4, -0.2) is 29.1 Å². The van der Waals surface area contributed by atoms with Gasteiger partial charge in [0.05, 0.1) is 0 Å². The molecule has 0 fully saturated rings. The monoisotopic (exact) mass is 576 g/mol. The third-order valence-electron chi connectivity index (χ3n) is 7.91. The van der Waals surface area contributed by atoms with Crippen molar-refractivity contribution in [1.29, 1.82) is 0 Å². The summed E-state index contributed by atoms with van der Waals surface area (Å²) in [6.07, 6.45) is 30.5. The summed E-state index contributed by atoms with van der Waals surface area (Å²) < 4.78 is 6.10. The smallest absolute Gasteiger partial charge is 0.321 e. The summed E-state index contributed by atoms with van der Waals surface area (Å²) >= 11 is 0. The highest BCUT2D eigenvalue weighted by molar-refractivity contribution is 5.89. The van der Waals surface area contributed by atoms with Gasteiger partial charge in [-0.15, -0.1) is 0 Å². The van der Waals surface area contributed by atoms with Gasteiger partial charge in [0.15, 0.2) is 11.5 Å². The van der Waals surface area contributed by atoms with Crippen molar-refractivity contribution in [1.82, 2.24) is 5.32 Å². The molecule has 6 nitrogen and oxygen atoms in total. The number of carbonyl (C=O) groups excluding carboxylic acids is 1. The average molecular weight is 577 g/mol. The van der Waals surface area contributed by atoms with Crippen LogP contribution in [0.1, 0.15) is 168 Å². The van der Waals surface area contributed by atoms with Gasteiger partial charge in [-0.25, -0.2) is 4.79 Å². The molecule has 0 bridgehead atoms. The van der Waals surface area contributed by atoms with Crippen molar-refractivity contribution in [2.24, 2.45) is 0 Å². The number of nitrogens with one attached hydrogen (secondary N) is 2. The Kier molecular flexibility index (Phi) is 24.3. The van der Waals surface area contributed by atoms with Crippen LogP contribution in [0.15, 0.2) is 18.2 Å². The first kappa shape index (κ1) is 37.1. The second-order valence-corrected chi connectivity index (χ2v) is 11.9. The Hall–Kier alpha value is -1.95. The molecule has 0 spiro atoms. The van der Waals surface area contributed by atoms with Gasteiger partial charge in [0.2, 0.25) is 0 Å². The molecule has 1 aromatic rings. The number of hydrogen-bond acceptors (Lipinski definition) is 4. The maximum atomic E-state index is 12.6. The summed E-state index contributed by atoms with van der Waals surface area (Å²) in [5.74, 6) is -0.475. The molecule has 1 unspecified atom stereocenters. The Labute approximate surface area is 252 Å². The lowest BCUT2D eigenvalue weighted by atomic mass is 10.0. The van der Waals surface area contributed by atoms with Gasteiger partial charge in [0.1, 0.15) is 6.23 Å². The minimum absolute atomic E-state index is 0.213. The first-order valence-corrected chi connectivity index (χ1v) is 17.3. The molecule has 0 aliphatic heterocycles. The lowest BCUT2D eigenvalue weighted by molar-refractivity contribution is 0.0288. The van der Waals surface area contributed by atoms with Crippen molar-refractivity contribution in [2.75, 3.05) is 11.9 Å². The van der Waals surface area contributed by atoms with E-state index in [2.05, 4.69) is 24.5 Å². The molecule has 238 valence electrons. The third-order valence-corrected chi connectivity index (χ3v) is 7.91. The Morgan fingerprint density at radius 2 is 1.07 bits per heavy atom. The van der Waals surface area contributed by atoms with Gasteiger partial charge >= 0.3 is 6.03 Å². The van der Waals surface area contributed by atoms with E-state index in [1.165, 1.54) is 141 Å². The van der Waals surface area contributed by atoms with E-state index in [1.807, 2.05) is 0 Å². The number of hydrogen-bond donors (Lipinski definition) is 4. The van der Waals surface area contributed by atoms with Crippen molar-refractivity contribution in [3.05, 3.63) is 18.2 Å². The molecule has 0 aromatic heterocycles. The highest BCUT2D eigenvalue weighted by atomic mass is 16.5. The molecule has 0 aliphatic rings. The number of phenolic OH excluding ortho intramolecular Hbond substituents is 2. The number of ether oxygens (including phenoxy) is 1. The largest absolute Gasteiger partial charge is 0.504 e. The summed E-state index contributed by atoms with van der Waals surface area (Å²) in [5.41, 5.74) is 0.422. The molecule has 2 amide bonds. The lowest BCUT2D eigenvalue weighted by Crippen LogP contribution is -2.40. The maximum absolute atomic E-state index is 12.6. The third kappa shape index (κ3) is 22.3. The second-order valence-electron chi connectivity index (χ2n) is 11.9. The minimum atomic E-state index is -0.366. The van der Waals surface area contributed by atoms with E-state index in [9.17, 15) is 15.0 Å². The van der Waals surface area contributed by atoms with Gasteiger partial charge in [-0.05, 0) is 31.4 Å². The van der Waals surface area contributed by atoms with Crippen molar-refractivity contribution < 1.29 is 19.7 Å². The topological polar surface area (TPSA) is 90.8 Å². The molecule has 1 atom stereocenters. The molecule has 0 radical (unpaired) electrons. The van der Waals surface area contributed by atoms with Crippen LogP contribution < -0.4 is 10.6 Å². The van der Waals surface area contributed by atoms with E-state index < -0.39 is 0 Å². The van der Waals surface area contributed by atoms with Crippen LogP contribution in [0.4, 0.5) is 10.5 Å². The summed E-state index contributed by atoms with van der Waals surface area (Å²) in [6.45, 7) is 5.17. The standard InChI is InChI=1S/C35H64N2O4/c1-3-5-7-9-11-12-13-14-15-16-17-18-19-21-23-25-29-41-34(26-24-22-20-10-8-6-4-2)37-35(40)36-31-27-28-32(38)33(39)30-31/h27-28,30,34,38-39H,3-26,29H2,1-2H3,(H2,36,37,40). The summed E-state index contributed by atoms with van der Waals surface area (Å²) in [5, 5.41) is 24.8. The van der Waals surface area contributed by atoms with Crippen molar-refractivity contribution in [3.8, 4) is 11.5 Å². The Morgan fingerprint density at radius 1 is 0.634 bits per heavy atom. The molecule has 4 N–H and O–H groups in total. The molecule has 0 saturated heterocycles. The van der Waals surface area contributed by atoms with E-state index in [0.29, 0.717) is 12.3 Å². The number of unbranched alkanes of at least 4 members (excludes halogenated alkanes) is 21. The van der Waals surface area contributed by atoms with Crippen molar-refractivity contribution in [2.45, 2.75) is 174 Å². The van der Waals surface area contributed by atoms with Crippen LogP contribution in [-0.2, 0) is 4.74 Å². The molecule has 41 heavy (non-hydrogen) atoms. The number of phenols is 2. The molecule has 0 saturated carbocycles. The Bertz CT molecular complexity index is 743. The van der Waals surface area contributed by atoms with Crippen LogP contribution in [0.3, 0.4) is 0 Å². The summed E-state index contributed by atoms with van der Waals surface area (Å²) in [7, 11) is 0. The fraction of sp³-hybridized carbons (Fsp3) is 0.800.